The van der Waals surface area contributed by atoms with Gasteiger partial charge in [0, 0.05) is 132 Å². The second-order valence-electron chi connectivity index (χ2n) is 28.5. The predicted molar refractivity (Wildman–Crippen MR) is 419 cm³/mol. The Kier molecular flexibility index (Phi) is 11.4. The zero-order chi connectivity index (χ0) is 65.0. The number of hydrogen-bond acceptors (Lipinski definition) is 7. The van der Waals surface area contributed by atoms with Gasteiger partial charge in [0.15, 0.2) is 0 Å². The summed E-state index contributed by atoms with van der Waals surface area (Å²) in [7, 11) is 0. The van der Waals surface area contributed by atoms with Crippen LogP contribution in [0.4, 0.5) is 108 Å². The van der Waals surface area contributed by atoms with Crippen molar-refractivity contribution in [3.63, 3.8) is 0 Å². The first-order valence-electron chi connectivity index (χ1n) is 35.6. The van der Waals surface area contributed by atoms with Crippen LogP contribution in [-0.4, -0.2) is 32.2 Å². The molecule has 0 saturated heterocycles. The van der Waals surface area contributed by atoms with E-state index in [4.69, 9.17) is 0 Å². The van der Waals surface area contributed by atoms with Gasteiger partial charge in [0.1, 0.15) is 0 Å². The van der Waals surface area contributed by atoms with Crippen LogP contribution in [0.1, 0.15) is 29.4 Å². The van der Waals surface area contributed by atoms with Crippen molar-refractivity contribution in [2.75, 3.05) is 34.3 Å². The predicted octanol–water partition coefficient (Wildman–Crippen LogP) is 16.9. The summed E-state index contributed by atoms with van der Waals surface area (Å²) in [5, 5.41) is 0. The van der Waals surface area contributed by atoms with Crippen molar-refractivity contribution in [3.05, 3.63) is 345 Å². The number of benzene rings is 14. The molecule has 14 aromatic rings. The van der Waals surface area contributed by atoms with Gasteiger partial charge in [0.2, 0.25) is 6.71 Å². The Bertz CT molecular complexity index is 5710. The molecule has 10 heteroatoms. The van der Waals surface area contributed by atoms with E-state index in [9.17, 15) is 0 Å². The third-order valence-electron chi connectivity index (χ3n) is 24.0. The van der Waals surface area contributed by atoms with Gasteiger partial charge in [-0.25, -0.2) is 0 Å². The van der Waals surface area contributed by atoms with Crippen LogP contribution in [0.5, 0.6) is 0 Å². The molecule has 5 atom stereocenters. The maximum absolute atomic E-state index is 2.95. The minimum atomic E-state index is -0.0683. The van der Waals surface area contributed by atoms with E-state index >= 15 is 0 Å². The molecule has 23 rings (SSSR count). The zero-order valence-electron chi connectivity index (χ0n) is 54.7. The maximum atomic E-state index is 2.95. The van der Waals surface area contributed by atoms with Crippen molar-refractivity contribution in [3.8, 4) is 0 Å². The maximum Gasteiger partial charge on any atom is 0.252 e. The molecule has 8 heterocycles. The number of hydrogen-bond donors (Lipinski definition) is 0. The highest BCUT2D eigenvalue weighted by Gasteiger charge is 2.65. The number of para-hydroxylation sites is 9. The lowest BCUT2D eigenvalue weighted by Crippen LogP contribution is -2.66. The molecule has 100 heavy (non-hydrogen) atoms. The Labute approximate surface area is 583 Å². The summed E-state index contributed by atoms with van der Waals surface area (Å²) in [5.41, 5.74) is 37.3. The second-order valence-corrected chi connectivity index (χ2v) is 28.5. The molecule has 0 N–H and O–H groups in total. The topological polar surface area (TPSA) is 22.7 Å². The minimum absolute atomic E-state index is 0.0552. The summed E-state index contributed by atoms with van der Waals surface area (Å²) in [6.45, 7) is -0.0761. The highest BCUT2D eigenvalue weighted by molar-refractivity contribution is 7.01. The van der Waals surface area contributed by atoms with E-state index in [-0.39, 0.29) is 49.9 Å². The Hall–Kier alpha value is -12.1. The van der Waals surface area contributed by atoms with Gasteiger partial charge in [0.05, 0.1) is 0 Å². The van der Waals surface area contributed by atoms with Crippen molar-refractivity contribution in [2.45, 2.75) is 36.2 Å². The summed E-state index contributed by atoms with van der Waals surface area (Å²) >= 11 is 0. The van der Waals surface area contributed by atoms with Gasteiger partial charge in [-0.15, -0.1) is 0 Å². The minimum Gasteiger partial charge on any atom is -0.339 e. The van der Waals surface area contributed by atoms with Gasteiger partial charge >= 0.3 is 0 Å². The number of rotatable bonds is 6. The molecule has 1 aliphatic carbocycles. The van der Waals surface area contributed by atoms with Crippen LogP contribution >= 0.6 is 0 Å². The van der Waals surface area contributed by atoms with E-state index in [1.807, 2.05) is 0 Å². The molecule has 8 aliphatic heterocycles. The van der Waals surface area contributed by atoms with Crippen LogP contribution in [-0.2, 0) is 0 Å². The molecule has 5 unspecified atom stereocenters. The lowest BCUT2D eigenvalue weighted by Gasteiger charge is -2.56. The number of fused-ring (bicyclic) bond motifs is 20. The number of anilines is 19. The van der Waals surface area contributed by atoms with Crippen molar-refractivity contribution in [1.29, 1.82) is 0 Å². The molecule has 14 aromatic carbocycles. The van der Waals surface area contributed by atoms with Crippen LogP contribution < -0.4 is 78.0 Å². The molecule has 0 aromatic heterocycles. The number of nitrogens with zero attached hydrogens (tertiary/aromatic N) is 7. The van der Waals surface area contributed by atoms with Crippen molar-refractivity contribution >= 4 is 172 Å². The summed E-state index contributed by atoms with van der Waals surface area (Å²) in [4.78, 5) is 18.7. The van der Waals surface area contributed by atoms with Gasteiger partial charge in [-0.3, -0.25) is 0 Å². The Morgan fingerprint density at radius 2 is 0.620 bits per heavy atom. The van der Waals surface area contributed by atoms with Gasteiger partial charge in [0.25, 0.3) is 13.4 Å². The standard InChI is InChI=1S/C90H62B3N7/c1-7-28-57(29-8-1)94-69-43-22-19-40-65(69)91-68-56-80-63(54-81(68)98(61-36-15-5-16-37-61)74-47-25-46-73(94)85(74)91)84-89-82(99(62-38-17-6-18-39-62)78-51-27-49-76-87(78)93(89)67-42-21-24-45-71(67)96(76)59-32-11-3-12-33-59)55-64-83-72(100(80)90(64)84)52-53-79-88(83)92-66-41-20-23-44-70(66)95(58-30-9-2-10-31-58)75-48-26-50-77(86(75)92)97(79)60-34-13-4-14-35-60/h1-54,56,64,82,84,89-90H,55H2. The van der Waals surface area contributed by atoms with E-state index in [1.165, 1.54) is 140 Å². The normalized spacial score (nSPS) is 18.9. The summed E-state index contributed by atoms with van der Waals surface area (Å²) in [6.07, 6.45) is 0.944. The fraction of sp³-hybridized carbons (Fsp3) is 0.0667. The Balaban J connectivity index is 0.835. The molecule has 0 amide bonds. The highest BCUT2D eigenvalue weighted by atomic mass is 15.3. The van der Waals surface area contributed by atoms with Gasteiger partial charge in [-0.2, -0.15) is 0 Å². The molecule has 466 valence electrons. The summed E-state index contributed by atoms with van der Waals surface area (Å²) < 4.78 is 0. The van der Waals surface area contributed by atoms with Crippen molar-refractivity contribution in [2.24, 2.45) is 0 Å². The molecule has 0 radical (unpaired) electrons. The van der Waals surface area contributed by atoms with Gasteiger partial charge < -0.3 is 34.3 Å². The van der Waals surface area contributed by atoms with Gasteiger partial charge in [-0.1, -0.05) is 187 Å². The lowest BCUT2D eigenvalue weighted by molar-refractivity contribution is 0.327. The zero-order valence-corrected chi connectivity index (χ0v) is 54.7. The third kappa shape index (κ3) is 7.26. The third-order valence-corrected chi connectivity index (χ3v) is 24.0. The molecule has 7 nitrogen and oxygen atoms in total. The van der Waals surface area contributed by atoms with E-state index < -0.39 is 0 Å². The van der Waals surface area contributed by atoms with E-state index in [0.717, 1.165) is 29.2 Å². The van der Waals surface area contributed by atoms with Crippen molar-refractivity contribution < 1.29 is 0 Å². The average Bonchev–Trinajstić information content (AvgIpc) is 1.41. The van der Waals surface area contributed by atoms with Crippen LogP contribution in [0.15, 0.2) is 334 Å². The monoisotopic (exact) mass is 1270 g/mol. The van der Waals surface area contributed by atoms with Crippen LogP contribution in [0, 0.1) is 0 Å². The van der Waals surface area contributed by atoms with Gasteiger partial charge in [-0.05, 0) is 213 Å². The van der Waals surface area contributed by atoms with Crippen LogP contribution in [0.25, 0.3) is 0 Å². The first kappa shape index (κ1) is 54.9. The average molecular weight is 1270 g/mol. The van der Waals surface area contributed by atoms with Crippen molar-refractivity contribution in [1.82, 2.24) is 0 Å². The smallest absolute Gasteiger partial charge is 0.252 e. The lowest BCUT2D eigenvalue weighted by atomic mass is 9.25. The largest absolute Gasteiger partial charge is 0.339 e. The SMILES string of the molecule is c1ccc(N2c3ccccc3B3c4cc5c(cc4N(c4ccccc4)c4cccc2c43)C2C3B4c6ccccc6N(c6ccccc6)c6cccc(c64)N(c4ccccc4)C3CC3c4c(ccc6c4B4c7ccccc7N(c7ccccc7)c7cccc(c74)N6c4ccccc4)N5C32)cc1. The quantitative estimate of drug-likeness (QED) is 0.153. The Morgan fingerprint density at radius 1 is 0.250 bits per heavy atom. The second kappa shape index (κ2) is 20.7. The summed E-state index contributed by atoms with van der Waals surface area (Å²) in [5.74, 6) is 0.277. The fourth-order valence-corrected chi connectivity index (χ4v) is 20.7. The molecular formula is C90H62B3N7. The van der Waals surface area contributed by atoms with E-state index in [2.05, 4.69) is 368 Å². The van der Waals surface area contributed by atoms with Crippen LogP contribution in [0.2, 0.25) is 5.82 Å². The molecular weight excluding hydrogens is 1210 g/mol. The molecule has 1 saturated carbocycles. The first-order chi connectivity index (χ1) is 49.7. The van der Waals surface area contributed by atoms with E-state index in [1.54, 1.807) is 0 Å². The van der Waals surface area contributed by atoms with E-state index in [0.29, 0.717) is 0 Å². The Morgan fingerprint density at radius 3 is 1.13 bits per heavy atom. The highest BCUT2D eigenvalue weighted by Crippen LogP contribution is 2.68. The molecule has 9 aliphatic rings. The molecule has 1 fully saturated rings. The first-order valence-corrected chi connectivity index (χ1v) is 35.6. The van der Waals surface area contributed by atoms with Crippen LogP contribution in [0.3, 0.4) is 0 Å². The summed E-state index contributed by atoms with van der Waals surface area (Å²) in [6, 6.07) is 127. The molecule has 0 spiro atoms. The molecule has 0 bridgehead atoms. The fourth-order valence-electron chi connectivity index (χ4n) is 20.7.